The molecule has 0 atom stereocenters. The van der Waals surface area contributed by atoms with Gasteiger partial charge in [-0.25, -0.2) is 4.98 Å². The summed E-state index contributed by atoms with van der Waals surface area (Å²) in [7, 11) is 0. The molecule has 7 nitrogen and oxygen atoms in total. The Morgan fingerprint density at radius 3 is 2.80 bits per heavy atom. The highest BCUT2D eigenvalue weighted by atomic mass is 32.1. The van der Waals surface area contributed by atoms with E-state index in [1.165, 1.54) is 37.0 Å². The lowest BCUT2D eigenvalue weighted by atomic mass is 10.1. The monoisotopic (exact) mass is 546 g/mol. The van der Waals surface area contributed by atoms with Crippen molar-refractivity contribution in [3.05, 3.63) is 77.4 Å². The van der Waals surface area contributed by atoms with Gasteiger partial charge in [-0.05, 0) is 80.3 Å². The molecule has 40 heavy (non-hydrogen) atoms. The van der Waals surface area contributed by atoms with E-state index in [9.17, 15) is 4.79 Å². The van der Waals surface area contributed by atoms with Gasteiger partial charge in [0.1, 0.15) is 11.2 Å². The van der Waals surface area contributed by atoms with E-state index in [-0.39, 0.29) is 5.78 Å². The van der Waals surface area contributed by atoms with Gasteiger partial charge in [-0.1, -0.05) is 25.0 Å². The molecule has 3 N–H and O–H groups in total. The number of pyridine rings is 2. The van der Waals surface area contributed by atoms with Crippen LogP contribution in [0.4, 0.5) is 0 Å². The highest BCUT2D eigenvalue weighted by Gasteiger charge is 2.17. The fourth-order valence-corrected chi connectivity index (χ4v) is 6.72. The molecule has 1 aromatic carbocycles. The Bertz CT molecular complexity index is 1840. The Hall–Kier alpha value is -4.14. The lowest BCUT2D eigenvalue weighted by Gasteiger charge is -2.11. The molecule has 0 saturated heterocycles. The van der Waals surface area contributed by atoms with E-state index in [0.717, 1.165) is 84.5 Å². The van der Waals surface area contributed by atoms with Crippen LogP contribution >= 0.6 is 11.3 Å². The highest BCUT2D eigenvalue weighted by Crippen LogP contribution is 2.37. The van der Waals surface area contributed by atoms with Gasteiger partial charge in [-0.3, -0.25) is 14.9 Å². The van der Waals surface area contributed by atoms with Crippen LogP contribution in [-0.4, -0.2) is 37.5 Å². The largest absolute Gasteiger partial charge is 0.353 e. The van der Waals surface area contributed by atoms with Gasteiger partial charge in [0.05, 0.1) is 21.8 Å². The summed E-state index contributed by atoms with van der Waals surface area (Å²) in [6.45, 7) is 3.49. The number of benzene rings is 1. The molecule has 1 fully saturated rings. The van der Waals surface area contributed by atoms with Crippen molar-refractivity contribution in [1.82, 2.24) is 30.5 Å². The molecule has 0 aliphatic heterocycles. The van der Waals surface area contributed by atoms with E-state index in [1.54, 1.807) is 6.92 Å². The first kappa shape index (κ1) is 24.9. The number of carbonyl (C=O) groups is 1. The van der Waals surface area contributed by atoms with Crippen LogP contribution in [0.25, 0.3) is 55.0 Å². The summed E-state index contributed by atoms with van der Waals surface area (Å²) in [6.07, 6.45) is 9.22. The van der Waals surface area contributed by atoms with E-state index < -0.39 is 0 Å². The van der Waals surface area contributed by atoms with Gasteiger partial charge in [0, 0.05) is 45.8 Å². The van der Waals surface area contributed by atoms with Crippen LogP contribution in [0.1, 0.15) is 47.8 Å². The van der Waals surface area contributed by atoms with Crippen LogP contribution in [-0.2, 0) is 6.54 Å². The minimum atomic E-state index is 0.0872. The second-order valence-corrected chi connectivity index (χ2v) is 11.8. The molecule has 1 aliphatic rings. The zero-order valence-electron chi connectivity index (χ0n) is 22.3. The third kappa shape index (κ3) is 4.74. The van der Waals surface area contributed by atoms with Crippen LogP contribution in [0, 0.1) is 5.92 Å². The number of rotatable bonds is 8. The molecule has 0 unspecified atom stereocenters. The lowest BCUT2D eigenvalue weighted by molar-refractivity contribution is 0.102. The van der Waals surface area contributed by atoms with Crippen molar-refractivity contribution < 1.29 is 4.79 Å². The lowest BCUT2D eigenvalue weighted by Crippen LogP contribution is -2.20. The summed E-state index contributed by atoms with van der Waals surface area (Å²) in [5.74, 6) is 0.896. The van der Waals surface area contributed by atoms with E-state index >= 15 is 0 Å². The van der Waals surface area contributed by atoms with Gasteiger partial charge < -0.3 is 10.3 Å². The SMILES string of the molecule is CC(=O)c1ccc(-c2cccc3[nH]c(-c4n[nH]c5ccc(-c6cncc(CNCC7CCCC7)c6)nc45)cc23)s1. The predicted octanol–water partition coefficient (Wildman–Crippen LogP) is 7.38. The van der Waals surface area contributed by atoms with Gasteiger partial charge in [-0.2, -0.15) is 5.10 Å². The van der Waals surface area contributed by atoms with Crippen LogP contribution < -0.4 is 5.32 Å². The fourth-order valence-electron chi connectivity index (χ4n) is 5.78. The van der Waals surface area contributed by atoms with E-state index in [4.69, 9.17) is 4.98 Å². The highest BCUT2D eigenvalue weighted by molar-refractivity contribution is 7.17. The first-order chi connectivity index (χ1) is 19.6. The number of thiophene rings is 1. The summed E-state index contributed by atoms with van der Waals surface area (Å²) in [6, 6.07) is 18.5. The maximum atomic E-state index is 11.9. The van der Waals surface area contributed by atoms with E-state index in [2.05, 4.69) is 49.7 Å². The number of hydrogen-bond donors (Lipinski definition) is 3. The van der Waals surface area contributed by atoms with E-state index in [0.29, 0.717) is 0 Å². The number of fused-ring (bicyclic) bond motifs is 2. The minimum absolute atomic E-state index is 0.0872. The topological polar surface area (TPSA) is 99.4 Å². The van der Waals surface area contributed by atoms with Gasteiger partial charge in [0.15, 0.2) is 5.78 Å². The number of hydrogen-bond acceptors (Lipinski definition) is 6. The molecule has 1 aliphatic carbocycles. The number of H-pyrrole nitrogens is 2. The summed E-state index contributed by atoms with van der Waals surface area (Å²) < 4.78 is 0. The fraction of sp³-hybridized carbons (Fsp3) is 0.250. The number of Topliss-reactive ketones (excluding diaryl/α,β-unsaturated/α-hetero) is 1. The minimum Gasteiger partial charge on any atom is -0.353 e. The zero-order chi connectivity index (χ0) is 27.1. The first-order valence-electron chi connectivity index (χ1n) is 13.9. The number of nitrogens with one attached hydrogen (secondary N) is 3. The Balaban J connectivity index is 1.20. The molecular formula is C32H30N6OS. The molecule has 7 rings (SSSR count). The maximum absolute atomic E-state index is 11.9. The standard InChI is InChI=1S/C32H30N6OS/c1-19(39)29-11-12-30(40-29)23-7-4-8-26-24(23)14-28(35-26)32-31-27(37-38-32)10-9-25(36-31)22-13-21(17-34-18-22)16-33-15-20-5-2-3-6-20/h4,7-14,17-18,20,33,35H,2-3,5-6,15-16H2,1H3,(H,37,38). The smallest absolute Gasteiger partial charge is 0.169 e. The summed E-state index contributed by atoms with van der Waals surface area (Å²) >= 11 is 1.52. The van der Waals surface area contributed by atoms with Gasteiger partial charge in [0.25, 0.3) is 0 Å². The average Bonchev–Trinajstić information content (AvgIpc) is 3.78. The predicted molar refractivity (Wildman–Crippen MR) is 161 cm³/mol. The normalized spacial score (nSPS) is 14.0. The molecule has 200 valence electrons. The van der Waals surface area contributed by atoms with Crippen LogP contribution in [0.2, 0.25) is 0 Å². The Kier molecular flexibility index (Phi) is 6.49. The molecule has 0 amide bonds. The quantitative estimate of drug-likeness (QED) is 0.173. The Labute approximate surface area is 236 Å². The number of ketones is 1. The van der Waals surface area contributed by atoms with Gasteiger partial charge >= 0.3 is 0 Å². The van der Waals surface area contributed by atoms with Crippen LogP contribution in [0.5, 0.6) is 0 Å². The molecule has 1 saturated carbocycles. The molecule has 5 heterocycles. The number of nitrogens with zero attached hydrogens (tertiary/aromatic N) is 3. The van der Waals surface area contributed by atoms with Crippen molar-refractivity contribution in [2.45, 2.75) is 39.2 Å². The van der Waals surface area contributed by atoms with Gasteiger partial charge in [-0.15, -0.1) is 11.3 Å². The molecule has 5 aromatic heterocycles. The molecule has 0 radical (unpaired) electrons. The van der Waals surface area contributed by atoms with Crippen molar-refractivity contribution in [2.75, 3.05) is 6.54 Å². The average molecular weight is 547 g/mol. The third-order valence-electron chi connectivity index (χ3n) is 7.87. The number of aromatic nitrogens is 5. The van der Waals surface area contributed by atoms with Crippen LogP contribution in [0.15, 0.2) is 67.0 Å². The molecule has 6 aromatic rings. The second kappa shape index (κ2) is 10.4. The third-order valence-corrected chi connectivity index (χ3v) is 9.09. The van der Waals surface area contributed by atoms with Crippen molar-refractivity contribution in [1.29, 1.82) is 0 Å². The first-order valence-corrected chi connectivity index (χ1v) is 14.7. The summed E-state index contributed by atoms with van der Waals surface area (Å²) in [5, 5.41) is 12.5. The zero-order valence-corrected chi connectivity index (χ0v) is 23.1. The van der Waals surface area contributed by atoms with Gasteiger partial charge in [0.2, 0.25) is 0 Å². The summed E-state index contributed by atoms with van der Waals surface area (Å²) in [5.41, 5.74) is 8.49. The maximum Gasteiger partial charge on any atom is 0.169 e. The Morgan fingerprint density at radius 1 is 1.05 bits per heavy atom. The van der Waals surface area contributed by atoms with Crippen molar-refractivity contribution in [2.24, 2.45) is 5.92 Å². The second-order valence-electron chi connectivity index (χ2n) is 10.7. The Morgan fingerprint density at radius 2 is 1.95 bits per heavy atom. The number of carbonyl (C=O) groups excluding carboxylic acids is 1. The number of aromatic amines is 2. The van der Waals surface area contributed by atoms with Crippen molar-refractivity contribution in [3.8, 4) is 33.1 Å². The molecule has 0 spiro atoms. The molecule has 0 bridgehead atoms. The van der Waals surface area contributed by atoms with Crippen LogP contribution in [0.3, 0.4) is 0 Å². The molecule has 8 heteroatoms. The summed E-state index contributed by atoms with van der Waals surface area (Å²) in [4.78, 5) is 26.8. The van der Waals surface area contributed by atoms with E-state index in [1.807, 2.05) is 42.7 Å². The van der Waals surface area contributed by atoms with Crippen molar-refractivity contribution >= 4 is 39.1 Å². The molecular weight excluding hydrogens is 516 g/mol. The van der Waals surface area contributed by atoms with Crippen molar-refractivity contribution in [3.63, 3.8) is 0 Å².